The molecule has 4 aromatic rings. The molecule has 0 aliphatic rings. The SMILES string of the molecule is O=S(=O)([O-])C(F)(F)F.O=S(=O)([O-])C(F)(F)F.[Co+2].c1ccc(-c2ccccn2)nc1.c1ccc(-c2ccccn2)nc1. The molecule has 41 heavy (non-hydrogen) atoms. The maximum Gasteiger partial charge on any atom is 2.00 e. The Morgan fingerprint density at radius 2 is 0.634 bits per heavy atom. The van der Waals surface area contributed by atoms with Crippen molar-refractivity contribution >= 4 is 20.2 Å². The van der Waals surface area contributed by atoms with E-state index in [-0.39, 0.29) is 16.8 Å². The minimum Gasteiger partial charge on any atom is -0.741 e. The number of aromatic nitrogens is 4. The first-order chi connectivity index (χ1) is 18.4. The van der Waals surface area contributed by atoms with Crippen LogP contribution in [0.15, 0.2) is 97.6 Å². The van der Waals surface area contributed by atoms with E-state index in [1.54, 1.807) is 24.8 Å². The number of alkyl halides is 6. The van der Waals surface area contributed by atoms with E-state index in [9.17, 15) is 26.3 Å². The molecule has 0 aromatic carbocycles. The summed E-state index contributed by atoms with van der Waals surface area (Å²) < 4.78 is 118. The molecule has 0 N–H and O–H groups in total. The average Bonchev–Trinajstić information content (AvgIpc) is 2.90. The van der Waals surface area contributed by atoms with E-state index in [0.29, 0.717) is 0 Å². The molecule has 0 aliphatic carbocycles. The number of hydrogen-bond donors (Lipinski definition) is 0. The zero-order valence-corrected chi connectivity index (χ0v) is 22.6. The molecule has 0 fully saturated rings. The van der Waals surface area contributed by atoms with Gasteiger partial charge in [0.2, 0.25) is 0 Å². The van der Waals surface area contributed by atoms with Gasteiger partial charge in [-0.2, -0.15) is 26.3 Å². The van der Waals surface area contributed by atoms with E-state index in [4.69, 9.17) is 25.9 Å². The van der Waals surface area contributed by atoms with Gasteiger partial charge in [-0.15, -0.1) is 0 Å². The molecule has 4 rings (SSSR count). The van der Waals surface area contributed by atoms with Crippen LogP contribution in [0.2, 0.25) is 0 Å². The van der Waals surface area contributed by atoms with Gasteiger partial charge in [-0.3, -0.25) is 19.9 Å². The van der Waals surface area contributed by atoms with Crippen molar-refractivity contribution in [2.24, 2.45) is 0 Å². The maximum atomic E-state index is 10.7. The summed E-state index contributed by atoms with van der Waals surface area (Å²) in [6.07, 6.45) is 7.07. The molecule has 0 spiro atoms. The van der Waals surface area contributed by atoms with Gasteiger partial charge in [-0.05, 0) is 48.5 Å². The van der Waals surface area contributed by atoms with E-state index < -0.39 is 31.3 Å². The fraction of sp³-hybridized carbons (Fsp3) is 0.0909. The molecule has 0 unspecified atom stereocenters. The molecule has 0 saturated carbocycles. The predicted molar refractivity (Wildman–Crippen MR) is 126 cm³/mol. The molecule has 10 nitrogen and oxygen atoms in total. The summed E-state index contributed by atoms with van der Waals surface area (Å²) in [4.78, 5) is 16.7. The van der Waals surface area contributed by atoms with Gasteiger partial charge in [0.25, 0.3) is 0 Å². The summed E-state index contributed by atoms with van der Waals surface area (Å²) in [5.41, 5.74) is -7.63. The third kappa shape index (κ3) is 14.6. The summed E-state index contributed by atoms with van der Waals surface area (Å²) in [7, 11) is -12.2. The quantitative estimate of drug-likeness (QED) is 0.170. The van der Waals surface area contributed by atoms with E-state index in [2.05, 4.69) is 19.9 Å². The van der Waals surface area contributed by atoms with Crippen LogP contribution in [0, 0.1) is 0 Å². The summed E-state index contributed by atoms with van der Waals surface area (Å²) in [6.45, 7) is 0. The molecule has 0 bridgehead atoms. The average molecular weight is 669 g/mol. The Morgan fingerprint density at radius 3 is 0.732 bits per heavy atom. The van der Waals surface area contributed by atoms with E-state index >= 15 is 0 Å². The molecule has 1 radical (unpaired) electrons. The van der Waals surface area contributed by atoms with Gasteiger partial charge < -0.3 is 9.11 Å². The normalized spacial score (nSPS) is 11.1. The largest absolute Gasteiger partial charge is 2.00 e. The zero-order valence-electron chi connectivity index (χ0n) is 19.9. The van der Waals surface area contributed by atoms with Gasteiger partial charge >= 0.3 is 27.8 Å². The Morgan fingerprint density at radius 1 is 0.463 bits per heavy atom. The minimum absolute atomic E-state index is 0. The van der Waals surface area contributed by atoms with Crippen LogP contribution < -0.4 is 0 Å². The maximum absolute atomic E-state index is 10.7. The van der Waals surface area contributed by atoms with Crippen LogP contribution in [0.5, 0.6) is 0 Å². The first kappa shape index (κ1) is 37.5. The van der Waals surface area contributed by atoms with E-state index in [1.807, 2.05) is 72.8 Å². The second kappa shape index (κ2) is 16.7. The minimum atomic E-state index is -6.09. The molecule has 19 heteroatoms. The molecule has 0 aliphatic heterocycles. The topological polar surface area (TPSA) is 166 Å². The number of pyridine rings is 4. The van der Waals surface area contributed by atoms with Crippen molar-refractivity contribution in [2.75, 3.05) is 0 Å². The van der Waals surface area contributed by atoms with Crippen molar-refractivity contribution in [2.45, 2.75) is 11.0 Å². The molecule has 223 valence electrons. The summed E-state index contributed by atoms with van der Waals surface area (Å²) in [6, 6.07) is 23.2. The van der Waals surface area contributed by atoms with Gasteiger partial charge in [0.1, 0.15) is 0 Å². The van der Waals surface area contributed by atoms with E-state index in [0.717, 1.165) is 22.8 Å². The van der Waals surface area contributed by atoms with Crippen LogP contribution in [0.4, 0.5) is 26.3 Å². The summed E-state index contributed by atoms with van der Waals surface area (Å²) >= 11 is 0. The van der Waals surface area contributed by atoms with Gasteiger partial charge in [0.15, 0.2) is 20.2 Å². The predicted octanol–water partition coefficient (Wildman–Crippen LogP) is 4.39. The standard InChI is InChI=1S/2C10H8N2.2CHF3O3S.Co/c2*1-3-7-11-9(5-1)10-6-2-4-8-12-10;2*2-1(3,4)8(5,6)7;/h2*1-8H;2*(H,5,6,7);/q;;;;+2/p-2. The molecule has 0 atom stereocenters. The molecule has 4 aromatic heterocycles. The number of nitrogens with zero attached hydrogens (tertiary/aromatic N) is 4. The zero-order chi connectivity index (χ0) is 30.5. The third-order valence-corrected chi connectivity index (χ3v) is 4.89. The van der Waals surface area contributed by atoms with Crippen LogP contribution in [-0.2, 0) is 37.0 Å². The summed E-state index contributed by atoms with van der Waals surface area (Å²) in [5, 5.41) is 0. The van der Waals surface area contributed by atoms with Crippen molar-refractivity contribution in [3.63, 3.8) is 0 Å². The third-order valence-electron chi connectivity index (χ3n) is 3.75. The van der Waals surface area contributed by atoms with Gasteiger partial charge in [-0.25, -0.2) is 16.8 Å². The van der Waals surface area contributed by atoms with Gasteiger partial charge in [-0.1, -0.05) is 24.3 Å². The van der Waals surface area contributed by atoms with Crippen molar-refractivity contribution in [1.29, 1.82) is 0 Å². The van der Waals surface area contributed by atoms with Crippen molar-refractivity contribution in [3.8, 4) is 22.8 Å². The number of hydrogen-bond acceptors (Lipinski definition) is 10. The first-order valence-corrected chi connectivity index (χ1v) is 12.9. The van der Waals surface area contributed by atoms with E-state index in [1.165, 1.54) is 0 Å². The van der Waals surface area contributed by atoms with Crippen LogP contribution in [0.25, 0.3) is 22.8 Å². The first-order valence-electron chi connectivity index (χ1n) is 10.1. The smallest absolute Gasteiger partial charge is 0.741 e. The monoisotopic (exact) mass is 669 g/mol. The molecule has 0 amide bonds. The Hall–Kier alpha value is -3.49. The van der Waals surface area contributed by atoms with Crippen molar-refractivity contribution in [1.82, 2.24) is 19.9 Å². The molecule has 4 heterocycles. The summed E-state index contributed by atoms with van der Waals surface area (Å²) in [5.74, 6) is 0. The second-order valence-corrected chi connectivity index (χ2v) is 9.40. The Balaban J connectivity index is 0.000000528. The molecular formula is C22H16CoF6N4O6S2. The Bertz CT molecular complexity index is 1310. The fourth-order valence-electron chi connectivity index (χ4n) is 2.06. The molecular weight excluding hydrogens is 653 g/mol. The Kier molecular flexibility index (Phi) is 15.3. The fourth-order valence-corrected chi connectivity index (χ4v) is 2.06. The van der Waals surface area contributed by atoms with Crippen molar-refractivity contribution < 1.29 is 69.1 Å². The van der Waals surface area contributed by atoms with Crippen molar-refractivity contribution in [3.05, 3.63) is 97.6 Å². The number of halogens is 6. The van der Waals surface area contributed by atoms with Gasteiger partial charge in [0.05, 0.1) is 22.8 Å². The molecule has 0 saturated heterocycles. The van der Waals surface area contributed by atoms with Crippen LogP contribution in [-0.4, -0.2) is 56.9 Å². The van der Waals surface area contributed by atoms with Gasteiger partial charge in [0, 0.05) is 24.8 Å². The Labute approximate surface area is 240 Å². The number of rotatable bonds is 2. The van der Waals surface area contributed by atoms with Crippen LogP contribution in [0.1, 0.15) is 0 Å². The van der Waals surface area contributed by atoms with Crippen LogP contribution in [0.3, 0.4) is 0 Å². The van der Waals surface area contributed by atoms with Crippen LogP contribution >= 0.6 is 0 Å². The second-order valence-electron chi connectivity index (χ2n) is 6.66.